The molecule has 8 nitrogen and oxygen atoms in total. The van der Waals surface area contributed by atoms with Crippen LogP contribution >= 0.6 is 11.8 Å². The number of hydrogen-bond donors (Lipinski definition) is 2. The summed E-state index contributed by atoms with van der Waals surface area (Å²) in [5, 5.41) is 14.7. The Balaban J connectivity index is 1.58. The summed E-state index contributed by atoms with van der Waals surface area (Å²) < 4.78 is 6.94. The van der Waals surface area contributed by atoms with Crippen molar-refractivity contribution < 1.29 is 14.3 Å². The Morgan fingerprint density at radius 2 is 1.94 bits per heavy atom. The van der Waals surface area contributed by atoms with E-state index in [0.717, 1.165) is 5.56 Å². The lowest BCUT2D eigenvalue weighted by atomic mass is 10.1. The highest BCUT2D eigenvalue weighted by Crippen LogP contribution is 2.21. The maximum atomic E-state index is 12.6. The number of methoxy groups -OCH3 is 1. The molecule has 0 aliphatic heterocycles. The largest absolute Gasteiger partial charge is 0.497 e. The Hall–Kier alpha value is -3.33. The minimum atomic E-state index is -0.343. The first-order chi connectivity index (χ1) is 14.9. The summed E-state index contributed by atoms with van der Waals surface area (Å²) in [6.45, 7) is 3.75. The Kier molecular flexibility index (Phi) is 7.30. The van der Waals surface area contributed by atoms with E-state index < -0.39 is 0 Å². The molecule has 3 rings (SSSR count). The first kappa shape index (κ1) is 22.4. The quantitative estimate of drug-likeness (QED) is 0.523. The molecular formula is C22H25N5O3S. The van der Waals surface area contributed by atoms with Crippen LogP contribution in [0.3, 0.4) is 0 Å². The van der Waals surface area contributed by atoms with Crippen LogP contribution in [0.1, 0.15) is 34.7 Å². The second-order valence-electron chi connectivity index (χ2n) is 6.98. The Labute approximate surface area is 185 Å². The van der Waals surface area contributed by atoms with Gasteiger partial charge in [0.1, 0.15) is 5.75 Å². The van der Waals surface area contributed by atoms with E-state index in [1.54, 1.807) is 29.9 Å². The third-order valence-corrected chi connectivity index (χ3v) is 5.70. The molecular weight excluding hydrogens is 414 g/mol. The van der Waals surface area contributed by atoms with Gasteiger partial charge in [0, 0.05) is 24.4 Å². The van der Waals surface area contributed by atoms with Crippen LogP contribution in [-0.2, 0) is 11.8 Å². The first-order valence-corrected chi connectivity index (χ1v) is 10.7. The molecule has 3 aromatic rings. The number of aromatic nitrogens is 3. The SMILES string of the molecule is COc1cccc(NC(=O)CSc2nnc([C@H](C)NC(=O)c3ccccc3C)n2C)c1. The normalized spacial score (nSPS) is 11.6. The highest BCUT2D eigenvalue weighted by Gasteiger charge is 2.19. The fraction of sp³-hybridized carbons (Fsp3) is 0.273. The van der Waals surface area contributed by atoms with Crippen molar-refractivity contribution in [2.45, 2.75) is 25.0 Å². The van der Waals surface area contributed by atoms with E-state index in [2.05, 4.69) is 20.8 Å². The van der Waals surface area contributed by atoms with Gasteiger partial charge in [0.15, 0.2) is 11.0 Å². The molecule has 0 spiro atoms. The van der Waals surface area contributed by atoms with Crippen LogP contribution in [0, 0.1) is 6.92 Å². The number of rotatable bonds is 8. The molecule has 0 saturated carbocycles. The number of carbonyl (C=O) groups excluding carboxylic acids is 2. The number of nitrogens with zero attached hydrogens (tertiary/aromatic N) is 3. The zero-order valence-electron chi connectivity index (χ0n) is 17.9. The van der Waals surface area contributed by atoms with E-state index in [-0.39, 0.29) is 23.6 Å². The van der Waals surface area contributed by atoms with Crippen molar-refractivity contribution in [2.75, 3.05) is 18.2 Å². The van der Waals surface area contributed by atoms with Crippen molar-refractivity contribution >= 4 is 29.3 Å². The van der Waals surface area contributed by atoms with E-state index in [9.17, 15) is 9.59 Å². The molecule has 0 aliphatic carbocycles. The molecule has 2 aromatic carbocycles. The molecule has 0 bridgehead atoms. The van der Waals surface area contributed by atoms with E-state index >= 15 is 0 Å². The molecule has 1 aromatic heterocycles. The maximum absolute atomic E-state index is 12.6. The van der Waals surface area contributed by atoms with Crippen LogP contribution in [-0.4, -0.2) is 39.4 Å². The van der Waals surface area contributed by atoms with Gasteiger partial charge in [-0.2, -0.15) is 0 Å². The van der Waals surface area contributed by atoms with Gasteiger partial charge in [0.05, 0.1) is 18.9 Å². The van der Waals surface area contributed by atoms with Crippen LogP contribution in [0.15, 0.2) is 53.7 Å². The Morgan fingerprint density at radius 3 is 2.68 bits per heavy atom. The third kappa shape index (κ3) is 5.64. The molecule has 1 atom stereocenters. The molecule has 0 fully saturated rings. The fourth-order valence-electron chi connectivity index (χ4n) is 3.02. The minimum absolute atomic E-state index is 0.163. The van der Waals surface area contributed by atoms with Gasteiger partial charge in [-0.25, -0.2) is 0 Å². The lowest BCUT2D eigenvalue weighted by molar-refractivity contribution is -0.113. The number of aryl methyl sites for hydroxylation is 1. The topological polar surface area (TPSA) is 98.1 Å². The summed E-state index contributed by atoms with van der Waals surface area (Å²) in [4.78, 5) is 24.9. The molecule has 0 unspecified atom stereocenters. The molecule has 0 saturated heterocycles. The van der Waals surface area contributed by atoms with Crippen molar-refractivity contribution in [2.24, 2.45) is 7.05 Å². The number of ether oxygens (including phenoxy) is 1. The van der Waals surface area contributed by atoms with E-state index in [1.165, 1.54) is 11.8 Å². The van der Waals surface area contributed by atoms with Crippen LogP contribution in [0.4, 0.5) is 5.69 Å². The molecule has 2 N–H and O–H groups in total. The average molecular weight is 440 g/mol. The van der Waals surface area contributed by atoms with Crippen molar-refractivity contribution in [1.82, 2.24) is 20.1 Å². The second kappa shape index (κ2) is 10.1. The molecule has 2 amide bonds. The van der Waals surface area contributed by atoms with Crippen molar-refractivity contribution in [3.8, 4) is 5.75 Å². The second-order valence-corrected chi connectivity index (χ2v) is 7.92. The summed E-state index contributed by atoms with van der Waals surface area (Å²) in [7, 11) is 3.39. The maximum Gasteiger partial charge on any atom is 0.252 e. The van der Waals surface area contributed by atoms with Gasteiger partial charge in [-0.3, -0.25) is 9.59 Å². The zero-order chi connectivity index (χ0) is 22.4. The van der Waals surface area contributed by atoms with Crippen molar-refractivity contribution in [1.29, 1.82) is 0 Å². The molecule has 1 heterocycles. The summed E-state index contributed by atoms with van der Waals surface area (Å²) in [5.41, 5.74) is 2.19. The number of nitrogens with one attached hydrogen (secondary N) is 2. The number of hydrogen-bond acceptors (Lipinski definition) is 6. The predicted octanol–water partition coefficient (Wildman–Crippen LogP) is 3.35. The van der Waals surface area contributed by atoms with E-state index in [0.29, 0.717) is 28.0 Å². The van der Waals surface area contributed by atoms with Gasteiger partial charge in [0.2, 0.25) is 5.91 Å². The molecule has 0 aliphatic rings. The Morgan fingerprint density at radius 1 is 1.16 bits per heavy atom. The Bertz CT molecular complexity index is 1080. The van der Waals surface area contributed by atoms with E-state index in [1.807, 2.05) is 51.2 Å². The number of amides is 2. The van der Waals surface area contributed by atoms with Crippen LogP contribution in [0.25, 0.3) is 0 Å². The van der Waals surface area contributed by atoms with Crippen LogP contribution < -0.4 is 15.4 Å². The smallest absolute Gasteiger partial charge is 0.252 e. The van der Waals surface area contributed by atoms with Crippen LogP contribution in [0.5, 0.6) is 5.75 Å². The monoisotopic (exact) mass is 439 g/mol. The first-order valence-electron chi connectivity index (χ1n) is 9.71. The highest BCUT2D eigenvalue weighted by molar-refractivity contribution is 7.99. The number of carbonyl (C=O) groups is 2. The van der Waals surface area contributed by atoms with Crippen LogP contribution in [0.2, 0.25) is 0 Å². The number of thioether (sulfide) groups is 1. The van der Waals surface area contributed by atoms with Gasteiger partial charge < -0.3 is 19.9 Å². The summed E-state index contributed by atoms with van der Waals surface area (Å²) >= 11 is 1.27. The van der Waals surface area contributed by atoms with Gasteiger partial charge >= 0.3 is 0 Å². The molecule has 9 heteroatoms. The average Bonchev–Trinajstić information content (AvgIpc) is 3.13. The lowest BCUT2D eigenvalue weighted by Gasteiger charge is -2.14. The minimum Gasteiger partial charge on any atom is -0.497 e. The summed E-state index contributed by atoms with van der Waals surface area (Å²) in [5.74, 6) is 1.12. The molecule has 0 radical (unpaired) electrons. The van der Waals surface area contributed by atoms with Gasteiger partial charge in [0.25, 0.3) is 5.91 Å². The van der Waals surface area contributed by atoms with Crippen molar-refractivity contribution in [3.63, 3.8) is 0 Å². The molecule has 31 heavy (non-hydrogen) atoms. The predicted molar refractivity (Wildman–Crippen MR) is 120 cm³/mol. The van der Waals surface area contributed by atoms with Crippen molar-refractivity contribution in [3.05, 3.63) is 65.5 Å². The lowest BCUT2D eigenvalue weighted by Crippen LogP contribution is -2.29. The fourth-order valence-corrected chi connectivity index (χ4v) is 3.74. The number of benzene rings is 2. The van der Waals surface area contributed by atoms with E-state index in [4.69, 9.17) is 4.74 Å². The van der Waals surface area contributed by atoms with Gasteiger partial charge in [-0.15, -0.1) is 10.2 Å². The summed E-state index contributed by atoms with van der Waals surface area (Å²) in [6.07, 6.45) is 0. The standard InChI is InChI=1S/C22H25N5O3S/c1-14-8-5-6-11-18(14)21(29)23-15(2)20-25-26-22(27(20)3)31-13-19(28)24-16-9-7-10-17(12-16)30-4/h5-12,15H,13H2,1-4H3,(H,23,29)(H,24,28)/t15-/m0/s1. The third-order valence-electron chi connectivity index (χ3n) is 4.68. The van der Waals surface area contributed by atoms with Gasteiger partial charge in [-0.1, -0.05) is 36.0 Å². The zero-order valence-corrected chi connectivity index (χ0v) is 18.7. The van der Waals surface area contributed by atoms with Gasteiger partial charge in [-0.05, 0) is 37.6 Å². The highest BCUT2D eigenvalue weighted by atomic mass is 32.2. The summed E-state index contributed by atoms with van der Waals surface area (Å²) in [6, 6.07) is 14.2. The number of anilines is 1. The molecule has 162 valence electrons.